The number of carbonyl (C=O) groups excluding carboxylic acids is 2. The SMILES string of the molecule is CCCCN(CC(=O)N(Cc1ccccc1)Cc1coc2ccc(C)cc2c1=O)C(=O)CC(C)(C)C. The molecule has 0 aliphatic carbocycles. The highest BCUT2D eigenvalue weighted by Gasteiger charge is 2.25. The number of fused-ring (bicyclic) bond motifs is 1. The molecule has 6 heteroatoms. The number of carbonyl (C=O) groups is 2. The van der Waals surface area contributed by atoms with Crippen molar-refractivity contribution in [1.82, 2.24) is 9.80 Å². The Hall–Kier alpha value is -3.41. The van der Waals surface area contributed by atoms with Gasteiger partial charge in [-0.3, -0.25) is 14.4 Å². The monoisotopic (exact) mass is 490 g/mol. The zero-order valence-electron chi connectivity index (χ0n) is 22.2. The summed E-state index contributed by atoms with van der Waals surface area (Å²) in [5.41, 5.74) is 2.54. The van der Waals surface area contributed by atoms with Crippen LogP contribution in [0.3, 0.4) is 0 Å². The van der Waals surface area contributed by atoms with Gasteiger partial charge in [0.05, 0.1) is 30.3 Å². The van der Waals surface area contributed by atoms with E-state index in [2.05, 4.69) is 6.92 Å². The second kappa shape index (κ2) is 12.0. The highest BCUT2D eigenvalue weighted by atomic mass is 16.3. The van der Waals surface area contributed by atoms with Gasteiger partial charge in [0.1, 0.15) is 5.58 Å². The Kier molecular flexibility index (Phi) is 9.08. The molecule has 0 unspecified atom stereocenters. The van der Waals surface area contributed by atoms with Crippen LogP contribution in [0.15, 0.2) is 64.0 Å². The van der Waals surface area contributed by atoms with Gasteiger partial charge < -0.3 is 14.2 Å². The molecule has 0 atom stereocenters. The largest absolute Gasteiger partial charge is 0.464 e. The van der Waals surface area contributed by atoms with Crippen molar-refractivity contribution in [1.29, 1.82) is 0 Å². The van der Waals surface area contributed by atoms with Gasteiger partial charge in [-0.1, -0.05) is 76.1 Å². The van der Waals surface area contributed by atoms with Crippen LogP contribution in [-0.2, 0) is 22.7 Å². The lowest BCUT2D eigenvalue weighted by molar-refractivity contribution is -0.142. The molecule has 3 rings (SSSR count). The summed E-state index contributed by atoms with van der Waals surface area (Å²) in [6.07, 6.45) is 3.58. The normalized spacial score (nSPS) is 11.5. The van der Waals surface area contributed by atoms with Crippen molar-refractivity contribution in [3.63, 3.8) is 0 Å². The summed E-state index contributed by atoms with van der Waals surface area (Å²) in [5, 5.41) is 0.504. The quantitative estimate of drug-likeness (QED) is 0.366. The molecule has 36 heavy (non-hydrogen) atoms. The van der Waals surface area contributed by atoms with Gasteiger partial charge in [0, 0.05) is 19.5 Å². The predicted molar refractivity (Wildman–Crippen MR) is 143 cm³/mol. The van der Waals surface area contributed by atoms with Gasteiger partial charge in [0.25, 0.3) is 0 Å². The summed E-state index contributed by atoms with van der Waals surface area (Å²) in [4.78, 5) is 43.3. The van der Waals surface area contributed by atoms with Crippen LogP contribution in [0.4, 0.5) is 0 Å². The minimum atomic E-state index is -0.194. The zero-order valence-corrected chi connectivity index (χ0v) is 22.2. The van der Waals surface area contributed by atoms with Crippen molar-refractivity contribution < 1.29 is 14.0 Å². The Labute approximate surface area is 213 Å². The number of aryl methyl sites for hydroxylation is 1. The van der Waals surface area contributed by atoms with E-state index in [1.54, 1.807) is 15.9 Å². The fourth-order valence-corrected chi connectivity index (χ4v) is 4.11. The number of hydrogen-bond acceptors (Lipinski definition) is 4. The predicted octanol–water partition coefficient (Wildman–Crippen LogP) is 5.70. The number of benzene rings is 2. The van der Waals surface area contributed by atoms with Gasteiger partial charge in [-0.2, -0.15) is 0 Å². The Morgan fingerprint density at radius 3 is 2.33 bits per heavy atom. The molecule has 0 N–H and O–H groups in total. The lowest BCUT2D eigenvalue weighted by atomic mass is 9.91. The molecule has 0 aliphatic rings. The van der Waals surface area contributed by atoms with Crippen LogP contribution < -0.4 is 5.43 Å². The topological polar surface area (TPSA) is 70.8 Å². The van der Waals surface area contributed by atoms with E-state index < -0.39 is 0 Å². The van der Waals surface area contributed by atoms with Crippen molar-refractivity contribution in [3.8, 4) is 0 Å². The molecule has 0 bridgehead atoms. The molecule has 0 aliphatic heterocycles. The molecule has 0 saturated heterocycles. The van der Waals surface area contributed by atoms with Gasteiger partial charge >= 0.3 is 0 Å². The van der Waals surface area contributed by atoms with E-state index >= 15 is 0 Å². The number of amides is 2. The maximum Gasteiger partial charge on any atom is 0.242 e. The standard InChI is InChI=1S/C30H38N2O4/c1-6-7-15-31(27(33)17-30(3,4)5)20-28(34)32(18-23-11-9-8-10-12-23)19-24-21-36-26-14-13-22(2)16-25(26)29(24)35/h8-14,16,21H,6-7,15,17-20H2,1-5H3. The lowest BCUT2D eigenvalue weighted by Crippen LogP contribution is -2.44. The first kappa shape index (κ1) is 27.2. The highest BCUT2D eigenvalue weighted by molar-refractivity contribution is 5.85. The Morgan fingerprint density at radius 2 is 1.67 bits per heavy atom. The first-order valence-electron chi connectivity index (χ1n) is 12.7. The van der Waals surface area contributed by atoms with Crippen molar-refractivity contribution in [2.24, 2.45) is 5.41 Å². The second-order valence-electron chi connectivity index (χ2n) is 10.7. The van der Waals surface area contributed by atoms with Gasteiger partial charge in [-0.05, 0) is 36.5 Å². The number of rotatable bonds is 10. The minimum Gasteiger partial charge on any atom is -0.464 e. The summed E-state index contributed by atoms with van der Waals surface area (Å²) >= 11 is 0. The number of unbranched alkanes of at least 4 members (excludes halogenated alkanes) is 1. The van der Waals surface area contributed by atoms with E-state index in [0.717, 1.165) is 24.0 Å². The molecular formula is C30H38N2O4. The van der Waals surface area contributed by atoms with E-state index in [0.29, 0.717) is 36.0 Å². The van der Waals surface area contributed by atoms with Crippen LogP contribution in [0.2, 0.25) is 0 Å². The van der Waals surface area contributed by atoms with Crippen molar-refractivity contribution >= 4 is 22.8 Å². The fraction of sp³-hybridized carbons (Fsp3) is 0.433. The van der Waals surface area contributed by atoms with Crippen LogP contribution in [0.5, 0.6) is 0 Å². The average molecular weight is 491 g/mol. The lowest BCUT2D eigenvalue weighted by Gasteiger charge is -2.29. The second-order valence-corrected chi connectivity index (χ2v) is 10.7. The summed E-state index contributed by atoms with van der Waals surface area (Å²) in [5.74, 6) is -0.217. The van der Waals surface area contributed by atoms with E-state index in [9.17, 15) is 14.4 Å². The first-order valence-corrected chi connectivity index (χ1v) is 12.7. The minimum absolute atomic E-state index is 0.0141. The third kappa shape index (κ3) is 7.54. The van der Waals surface area contributed by atoms with Gasteiger partial charge in [-0.25, -0.2) is 0 Å². The van der Waals surface area contributed by atoms with Crippen LogP contribution in [0.1, 0.15) is 63.6 Å². The molecule has 2 aromatic carbocycles. The Bertz CT molecular complexity index is 1240. The van der Waals surface area contributed by atoms with E-state index in [-0.39, 0.29) is 35.7 Å². The summed E-state index contributed by atoms with van der Waals surface area (Å²) in [6.45, 7) is 11.0. The van der Waals surface area contributed by atoms with E-state index in [1.165, 1.54) is 6.26 Å². The fourth-order valence-electron chi connectivity index (χ4n) is 4.11. The molecule has 6 nitrogen and oxygen atoms in total. The smallest absolute Gasteiger partial charge is 0.242 e. The van der Waals surface area contributed by atoms with Gasteiger partial charge in [0.15, 0.2) is 5.43 Å². The molecule has 192 valence electrons. The van der Waals surface area contributed by atoms with Gasteiger partial charge in [0.2, 0.25) is 11.8 Å². The van der Waals surface area contributed by atoms with Crippen molar-refractivity contribution in [2.45, 2.75) is 67.0 Å². The van der Waals surface area contributed by atoms with Crippen LogP contribution in [0, 0.1) is 12.3 Å². The Balaban J connectivity index is 1.90. The van der Waals surface area contributed by atoms with Crippen LogP contribution in [-0.4, -0.2) is 34.7 Å². The molecule has 0 spiro atoms. The maximum absolute atomic E-state index is 13.6. The van der Waals surface area contributed by atoms with E-state index in [1.807, 2.05) is 70.2 Å². The zero-order chi connectivity index (χ0) is 26.3. The van der Waals surface area contributed by atoms with Crippen molar-refractivity contribution in [2.75, 3.05) is 13.1 Å². The first-order chi connectivity index (χ1) is 17.1. The van der Waals surface area contributed by atoms with E-state index in [4.69, 9.17) is 4.42 Å². The molecule has 1 heterocycles. The average Bonchev–Trinajstić information content (AvgIpc) is 2.82. The molecule has 0 saturated carbocycles. The molecule has 1 aromatic heterocycles. The van der Waals surface area contributed by atoms with Crippen LogP contribution in [0.25, 0.3) is 11.0 Å². The summed E-state index contributed by atoms with van der Waals surface area (Å²) < 4.78 is 5.73. The Morgan fingerprint density at radius 1 is 0.944 bits per heavy atom. The molecule has 2 amide bonds. The summed E-state index contributed by atoms with van der Waals surface area (Å²) in [7, 11) is 0. The number of nitrogens with zero attached hydrogens (tertiary/aromatic N) is 2. The number of hydrogen-bond donors (Lipinski definition) is 0. The molecule has 0 radical (unpaired) electrons. The summed E-state index contributed by atoms with van der Waals surface area (Å²) in [6, 6.07) is 15.2. The third-order valence-electron chi connectivity index (χ3n) is 6.07. The third-order valence-corrected chi connectivity index (χ3v) is 6.07. The van der Waals surface area contributed by atoms with Crippen molar-refractivity contribution in [3.05, 3.63) is 81.7 Å². The van der Waals surface area contributed by atoms with Gasteiger partial charge in [-0.15, -0.1) is 0 Å². The van der Waals surface area contributed by atoms with Crippen LogP contribution >= 0.6 is 0 Å². The maximum atomic E-state index is 13.6. The molecule has 3 aromatic rings. The molecule has 0 fully saturated rings. The molecular weight excluding hydrogens is 452 g/mol. The highest BCUT2D eigenvalue weighted by Crippen LogP contribution is 2.21.